The summed E-state index contributed by atoms with van der Waals surface area (Å²) in [6.45, 7) is 2.93. The lowest BCUT2D eigenvalue weighted by molar-refractivity contribution is -0.384. The first-order chi connectivity index (χ1) is 20.3. The number of ether oxygens (including phenoxy) is 2. The molecule has 3 aromatic carbocycles. The van der Waals surface area contributed by atoms with Crippen LogP contribution in [0.25, 0.3) is 10.9 Å². The molecule has 10 heteroatoms. The number of aromatic amines is 1. The molecule has 10 nitrogen and oxygen atoms in total. The summed E-state index contributed by atoms with van der Waals surface area (Å²) in [5.41, 5.74) is 2.98. The molecular weight excluding hydrogens is 536 g/mol. The smallest absolute Gasteiger partial charge is 0.270 e. The van der Waals surface area contributed by atoms with Gasteiger partial charge in [-0.1, -0.05) is 43.7 Å². The topological polar surface area (TPSA) is 118 Å². The standard InChI is InChI=1S/C32H36N4O6/c1-4-5-16-35(32(38)24-9-8-10-26(19-24)36(39)40)22-31(37)34(21-23-13-14-29(41-2)30(18-23)42-3)17-15-25-20-33-28-12-7-6-11-27(25)28/h6-14,18-20,33H,4-5,15-17,21-22H2,1-3H3. The van der Waals surface area contributed by atoms with E-state index < -0.39 is 10.8 Å². The molecule has 4 rings (SSSR count). The first-order valence-corrected chi connectivity index (χ1v) is 13.9. The number of para-hydroxylation sites is 1. The van der Waals surface area contributed by atoms with Crippen LogP contribution in [0, 0.1) is 10.1 Å². The SMILES string of the molecule is CCCCN(CC(=O)N(CCc1c[nH]c2ccccc12)Cc1ccc(OC)c(OC)c1)C(=O)c1cccc([N+](=O)[O-])c1. The Morgan fingerprint density at radius 3 is 2.45 bits per heavy atom. The van der Waals surface area contributed by atoms with Crippen LogP contribution in [0.3, 0.4) is 0 Å². The van der Waals surface area contributed by atoms with Crippen molar-refractivity contribution >= 4 is 28.4 Å². The number of benzene rings is 3. The van der Waals surface area contributed by atoms with Crippen LogP contribution in [-0.2, 0) is 17.8 Å². The Bertz CT molecular complexity index is 1550. The molecule has 0 bridgehead atoms. The van der Waals surface area contributed by atoms with Crippen LogP contribution in [0.2, 0.25) is 0 Å². The van der Waals surface area contributed by atoms with Gasteiger partial charge in [0.1, 0.15) is 6.54 Å². The van der Waals surface area contributed by atoms with Crippen LogP contribution >= 0.6 is 0 Å². The molecule has 0 spiro atoms. The number of nitro benzene ring substituents is 1. The Labute approximate surface area is 245 Å². The molecule has 0 radical (unpaired) electrons. The predicted octanol–water partition coefficient (Wildman–Crippen LogP) is 5.61. The number of fused-ring (bicyclic) bond motifs is 1. The number of H-pyrrole nitrogens is 1. The molecule has 0 unspecified atom stereocenters. The maximum Gasteiger partial charge on any atom is 0.270 e. The highest BCUT2D eigenvalue weighted by Crippen LogP contribution is 2.28. The van der Waals surface area contributed by atoms with Crippen molar-refractivity contribution in [3.63, 3.8) is 0 Å². The summed E-state index contributed by atoms with van der Waals surface area (Å²) in [4.78, 5) is 44.6. The number of amides is 2. The van der Waals surface area contributed by atoms with E-state index in [1.807, 2.05) is 49.5 Å². The molecule has 0 fully saturated rings. The van der Waals surface area contributed by atoms with Crippen LogP contribution in [-0.4, -0.2) is 65.4 Å². The number of hydrogen-bond donors (Lipinski definition) is 1. The number of nitro groups is 1. The van der Waals surface area contributed by atoms with E-state index >= 15 is 0 Å². The van der Waals surface area contributed by atoms with Gasteiger partial charge in [-0.15, -0.1) is 0 Å². The van der Waals surface area contributed by atoms with E-state index in [4.69, 9.17) is 9.47 Å². The molecule has 2 amide bonds. The molecule has 0 saturated heterocycles. The molecule has 1 N–H and O–H groups in total. The molecule has 4 aromatic rings. The number of nitrogens with zero attached hydrogens (tertiary/aromatic N) is 3. The van der Waals surface area contributed by atoms with Crippen LogP contribution < -0.4 is 9.47 Å². The summed E-state index contributed by atoms with van der Waals surface area (Å²) in [6.07, 6.45) is 4.09. The average molecular weight is 573 g/mol. The second kappa shape index (κ2) is 14.2. The summed E-state index contributed by atoms with van der Waals surface area (Å²) in [5, 5.41) is 12.4. The summed E-state index contributed by atoms with van der Waals surface area (Å²) in [6, 6.07) is 19.2. The molecule has 0 aliphatic rings. The van der Waals surface area contributed by atoms with Gasteiger partial charge < -0.3 is 24.3 Å². The Kier molecular flexibility index (Phi) is 10.1. The fourth-order valence-corrected chi connectivity index (χ4v) is 4.88. The van der Waals surface area contributed by atoms with Crippen molar-refractivity contribution < 1.29 is 24.0 Å². The highest BCUT2D eigenvalue weighted by molar-refractivity contribution is 5.97. The summed E-state index contributed by atoms with van der Waals surface area (Å²) < 4.78 is 10.8. The molecule has 0 atom stereocenters. The van der Waals surface area contributed by atoms with Crippen molar-refractivity contribution in [3.05, 3.63) is 99.7 Å². The van der Waals surface area contributed by atoms with E-state index in [0.29, 0.717) is 44.0 Å². The summed E-state index contributed by atoms with van der Waals surface area (Å²) >= 11 is 0. The van der Waals surface area contributed by atoms with Crippen molar-refractivity contribution in [3.8, 4) is 11.5 Å². The zero-order valence-electron chi connectivity index (χ0n) is 24.2. The maximum atomic E-state index is 13.9. The lowest BCUT2D eigenvalue weighted by Gasteiger charge is -2.28. The Balaban J connectivity index is 1.59. The van der Waals surface area contributed by atoms with Gasteiger partial charge in [0.15, 0.2) is 11.5 Å². The van der Waals surface area contributed by atoms with Crippen molar-refractivity contribution in [2.24, 2.45) is 0 Å². The largest absolute Gasteiger partial charge is 0.493 e. The fraction of sp³-hybridized carbons (Fsp3) is 0.312. The minimum Gasteiger partial charge on any atom is -0.493 e. The van der Waals surface area contributed by atoms with Crippen molar-refractivity contribution in [2.75, 3.05) is 33.9 Å². The van der Waals surface area contributed by atoms with E-state index in [2.05, 4.69) is 4.98 Å². The van der Waals surface area contributed by atoms with Gasteiger partial charge in [0.2, 0.25) is 5.91 Å². The summed E-state index contributed by atoms with van der Waals surface area (Å²) in [5.74, 6) is 0.512. The number of non-ortho nitro benzene ring substituents is 1. The minimum absolute atomic E-state index is 0.150. The van der Waals surface area contributed by atoms with Gasteiger partial charge in [-0.2, -0.15) is 0 Å². The molecular formula is C32H36N4O6. The summed E-state index contributed by atoms with van der Waals surface area (Å²) in [7, 11) is 3.13. The number of nitrogens with one attached hydrogen (secondary N) is 1. The number of carbonyl (C=O) groups is 2. The van der Waals surface area contributed by atoms with E-state index in [0.717, 1.165) is 28.5 Å². The third-order valence-electron chi connectivity index (χ3n) is 7.20. The van der Waals surface area contributed by atoms with Crippen LogP contribution in [0.1, 0.15) is 41.3 Å². The second-order valence-corrected chi connectivity index (χ2v) is 10.0. The molecule has 0 aliphatic carbocycles. The van der Waals surface area contributed by atoms with Gasteiger partial charge in [0.05, 0.1) is 19.1 Å². The van der Waals surface area contributed by atoms with Crippen LogP contribution in [0.5, 0.6) is 11.5 Å². The third-order valence-corrected chi connectivity index (χ3v) is 7.20. The number of carbonyl (C=O) groups excluding carboxylic acids is 2. The number of hydrogen-bond acceptors (Lipinski definition) is 6. The fourth-order valence-electron chi connectivity index (χ4n) is 4.88. The highest BCUT2D eigenvalue weighted by atomic mass is 16.6. The lowest BCUT2D eigenvalue weighted by atomic mass is 10.1. The Hall–Kier alpha value is -4.86. The first-order valence-electron chi connectivity index (χ1n) is 13.9. The molecule has 0 aliphatic heterocycles. The van der Waals surface area contributed by atoms with Gasteiger partial charge in [-0.25, -0.2) is 0 Å². The zero-order chi connectivity index (χ0) is 30.1. The van der Waals surface area contributed by atoms with E-state index in [-0.39, 0.29) is 23.7 Å². The molecule has 42 heavy (non-hydrogen) atoms. The quantitative estimate of drug-likeness (QED) is 0.155. The van der Waals surface area contributed by atoms with Gasteiger partial charge in [-0.3, -0.25) is 19.7 Å². The van der Waals surface area contributed by atoms with Gasteiger partial charge in [0.25, 0.3) is 11.6 Å². The molecule has 1 heterocycles. The molecule has 220 valence electrons. The number of unbranched alkanes of at least 4 members (excludes halogenated alkanes) is 1. The minimum atomic E-state index is -0.534. The highest BCUT2D eigenvalue weighted by Gasteiger charge is 2.24. The Morgan fingerprint density at radius 2 is 1.71 bits per heavy atom. The number of methoxy groups -OCH3 is 2. The van der Waals surface area contributed by atoms with Gasteiger partial charge >= 0.3 is 0 Å². The van der Waals surface area contributed by atoms with Crippen LogP contribution in [0.15, 0.2) is 72.9 Å². The van der Waals surface area contributed by atoms with E-state index in [9.17, 15) is 19.7 Å². The zero-order valence-corrected chi connectivity index (χ0v) is 24.2. The monoisotopic (exact) mass is 572 g/mol. The van der Waals surface area contributed by atoms with Crippen molar-refractivity contribution in [2.45, 2.75) is 32.7 Å². The third kappa shape index (κ3) is 7.25. The number of rotatable bonds is 14. The number of aromatic nitrogens is 1. The van der Waals surface area contributed by atoms with Gasteiger partial charge in [0, 0.05) is 54.4 Å². The first kappa shape index (κ1) is 30.1. The Morgan fingerprint density at radius 1 is 0.929 bits per heavy atom. The molecule has 0 saturated carbocycles. The van der Waals surface area contributed by atoms with E-state index in [1.165, 1.54) is 29.2 Å². The lowest BCUT2D eigenvalue weighted by Crippen LogP contribution is -2.43. The molecule has 1 aromatic heterocycles. The maximum absolute atomic E-state index is 13.9. The average Bonchev–Trinajstić information content (AvgIpc) is 3.43. The predicted molar refractivity (Wildman–Crippen MR) is 161 cm³/mol. The van der Waals surface area contributed by atoms with Crippen LogP contribution in [0.4, 0.5) is 5.69 Å². The second-order valence-electron chi connectivity index (χ2n) is 10.0. The normalized spacial score (nSPS) is 10.8. The van der Waals surface area contributed by atoms with Crippen molar-refractivity contribution in [1.29, 1.82) is 0 Å². The van der Waals surface area contributed by atoms with Crippen molar-refractivity contribution in [1.82, 2.24) is 14.8 Å². The van der Waals surface area contributed by atoms with Gasteiger partial charge in [-0.05, 0) is 48.2 Å². The van der Waals surface area contributed by atoms with E-state index in [1.54, 1.807) is 25.2 Å².